The topological polar surface area (TPSA) is 17.1 Å². The molecule has 0 saturated carbocycles. The molecule has 1 heteroatoms. The van der Waals surface area contributed by atoms with Crippen molar-refractivity contribution in [3.05, 3.63) is 34.9 Å². The van der Waals surface area contributed by atoms with Crippen LogP contribution in [0.15, 0.2) is 18.2 Å². The molecule has 74 valence electrons. The van der Waals surface area contributed by atoms with Crippen molar-refractivity contribution in [1.82, 2.24) is 0 Å². The molecule has 0 radical (unpaired) electrons. The van der Waals surface area contributed by atoms with E-state index < -0.39 is 0 Å². The Labute approximate surface area is 85.1 Å². The lowest BCUT2D eigenvalue weighted by Gasteiger charge is -2.23. The summed E-state index contributed by atoms with van der Waals surface area (Å²) < 4.78 is 0. The van der Waals surface area contributed by atoms with Crippen molar-refractivity contribution in [2.24, 2.45) is 5.92 Å². The van der Waals surface area contributed by atoms with Gasteiger partial charge < -0.3 is 0 Å². The van der Waals surface area contributed by atoms with E-state index in [0.29, 0.717) is 11.7 Å². The number of Topliss-reactive ketones (excluding diaryl/α,β-unsaturated/α-hetero) is 1. The van der Waals surface area contributed by atoms with E-state index in [1.54, 1.807) is 0 Å². The Morgan fingerprint density at radius 2 is 2.14 bits per heavy atom. The maximum absolute atomic E-state index is 11.8. The number of carbonyl (C=O) groups is 1. The lowest BCUT2D eigenvalue weighted by atomic mass is 9.80. The molecule has 0 aliphatic heterocycles. The predicted octanol–water partition coefficient (Wildman–Crippen LogP) is 3.15. The number of hydrogen-bond donors (Lipinski definition) is 0. The van der Waals surface area contributed by atoms with Gasteiger partial charge in [0.1, 0.15) is 0 Å². The van der Waals surface area contributed by atoms with Crippen molar-refractivity contribution in [3.8, 4) is 0 Å². The van der Waals surface area contributed by atoms with Crippen molar-refractivity contribution < 1.29 is 4.79 Å². The highest BCUT2D eigenvalue weighted by Crippen LogP contribution is 2.29. The Morgan fingerprint density at radius 1 is 1.36 bits per heavy atom. The normalized spacial score (nSPS) is 20.7. The van der Waals surface area contributed by atoms with E-state index in [-0.39, 0.29) is 0 Å². The first kappa shape index (κ1) is 9.45. The molecule has 0 amide bonds. The minimum absolute atomic E-state index is 0.335. The lowest BCUT2D eigenvalue weighted by Crippen LogP contribution is -2.20. The van der Waals surface area contributed by atoms with Crippen LogP contribution >= 0.6 is 0 Å². The largest absolute Gasteiger partial charge is 0.294 e. The van der Waals surface area contributed by atoms with Gasteiger partial charge in [-0.1, -0.05) is 31.5 Å². The fourth-order valence-corrected chi connectivity index (χ4v) is 2.26. The minimum atomic E-state index is 0.335. The second-order valence-electron chi connectivity index (χ2n) is 4.21. The number of benzene rings is 1. The Kier molecular flexibility index (Phi) is 2.40. The third-order valence-corrected chi connectivity index (χ3v) is 3.25. The second-order valence-corrected chi connectivity index (χ2v) is 4.21. The van der Waals surface area contributed by atoms with Crippen LogP contribution in [-0.2, 0) is 6.42 Å². The summed E-state index contributed by atoms with van der Waals surface area (Å²) in [5, 5.41) is 0. The van der Waals surface area contributed by atoms with Crippen molar-refractivity contribution >= 4 is 5.78 Å². The fraction of sp³-hybridized carbons (Fsp3) is 0.462. The van der Waals surface area contributed by atoms with Crippen molar-refractivity contribution in [3.63, 3.8) is 0 Å². The minimum Gasteiger partial charge on any atom is -0.294 e. The van der Waals surface area contributed by atoms with Crippen molar-refractivity contribution in [2.75, 3.05) is 0 Å². The standard InChI is InChI=1S/C13H16O/c1-3-10-7-12-9(2)5-4-6-11(12)13(14)8-10/h4-6,10H,3,7-8H2,1-2H3. The van der Waals surface area contributed by atoms with Crippen molar-refractivity contribution in [2.45, 2.75) is 33.1 Å². The van der Waals surface area contributed by atoms with Crippen LogP contribution < -0.4 is 0 Å². The third kappa shape index (κ3) is 1.47. The second kappa shape index (κ2) is 3.56. The van der Waals surface area contributed by atoms with E-state index in [2.05, 4.69) is 19.9 Å². The van der Waals surface area contributed by atoms with Crippen LogP contribution in [0.25, 0.3) is 0 Å². The van der Waals surface area contributed by atoms with Crippen LogP contribution in [0.5, 0.6) is 0 Å². The van der Waals surface area contributed by atoms with Gasteiger partial charge in [-0.15, -0.1) is 0 Å². The average molecular weight is 188 g/mol. The molecule has 1 aromatic carbocycles. The van der Waals surface area contributed by atoms with E-state index in [1.807, 2.05) is 12.1 Å². The molecule has 2 rings (SSSR count). The third-order valence-electron chi connectivity index (χ3n) is 3.25. The molecule has 0 aromatic heterocycles. The monoisotopic (exact) mass is 188 g/mol. The number of fused-ring (bicyclic) bond motifs is 1. The average Bonchev–Trinajstić information content (AvgIpc) is 2.19. The summed E-state index contributed by atoms with van der Waals surface area (Å²) in [7, 11) is 0. The van der Waals surface area contributed by atoms with E-state index >= 15 is 0 Å². The van der Waals surface area contributed by atoms with Gasteiger partial charge in [-0.2, -0.15) is 0 Å². The summed E-state index contributed by atoms with van der Waals surface area (Å²) in [5.74, 6) is 0.901. The first-order valence-corrected chi connectivity index (χ1v) is 5.34. The molecule has 1 unspecified atom stereocenters. The maximum Gasteiger partial charge on any atom is 0.163 e. The van der Waals surface area contributed by atoms with E-state index in [4.69, 9.17) is 0 Å². The van der Waals surface area contributed by atoms with Gasteiger partial charge in [0.15, 0.2) is 5.78 Å². The van der Waals surface area contributed by atoms with Gasteiger partial charge in [0.05, 0.1) is 0 Å². The van der Waals surface area contributed by atoms with Crippen molar-refractivity contribution in [1.29, 1.82) is 0 Å². The predicted molar refractivity (Wildman–Crippen MR) is 57.6 cm³/mol. The van der Waals surface area contributed by atoms with Crippen LogP contribution in [0.3, 0.4) is 0 Å². The molecule has 1 aliphatic rings. The van der Waals surface area contributed by atoms with Gasteiger partial charge in [0, 0.05) is 12.0 Å². The zero-order chi connectivity index (χ0) is 10.1. The zero-order valence-corrected chi connectivity index (χ0v) is 8.84. The first-order chi connectivity index (χ1) is 6.72. The summed E-state index contributed by atoms with van der Waals surface area (Å²) in [4.78, 5) is 11.8. The maximum atomic E-state index is 11.8. The van der Waals surface area contributed by atoms with Gasteiger partial charge in [-0.05, 0) is 30.4 Å². The molecule has 0 N–H and O–H groups in total. The zero-order valence-electron chi connectivity index (χ0n) is 8.84. The number of hydrogen-bond acceptors (Lipinski definition) is 1. The van der Waals surface area contributed by atoms with Gasteiger partial charge in [-0.25, -0.2) is 0 Å². The molecule has 0 fully saturated rings. The summed E-state index contributed by atoms with van der Waals surface area (Å²) in [6.07, 6.45) is 2.94. The molecule has 1 atom stereocenters. The Hall–Kier alpha value is -1.11. The molecule has 1 aliphatic carbocycles. The molecule has 0 saturated heterocycles. The molecule has 0 bridgehead atoms. The highest BCUT2D eigenvalue weighted by molar-refractivity contribution is 5.99. The van der Waals surface area contributed by atoms with E-state index in [0.717, 1.165) is 24.8 Å². The van der Waals surface area contributed by atoms with E-state index in [1.165, 1.54) is 11.1 Å². The number of ketones is 1. The molecule has 1 aromatic rings. The van der Waals surface area contributed by atoms with Crippen LogP contribution in [0, 0.1) is 12.8 Å². The van der Waals surface area contributed by atoms with Gasteiger partial charge in [0.2, 0.25) is 0 Å². The van der Waals surface area contributed by atoms with Crippen LogP contribution in [0.2, 0.25) is 0 Å². The molecule has 0 heterocycles. The summed E-state index contributed by atoms with van der Waals surface area (Å²) in [5.41, 5.74) is 3.53. The highest BCUT2D eigenvalue weighted by Gasteiger charge is 2.24. The molecule has 1 nitrogen and oxygen atoms in total. The fourth-order valence-electron chi connectivity index (χ4n) is 2.26. The smallest absolute Gasteiger partial charge is 0.163 e. The van der Waals surface area contributed by atoms with Gasteiger partial charge in [-0.3, -0.25) is 4.79 Å². The number of carbonyl (C=O) groups excluding carboxylic acids is 1. The number of aryl methyl sites for hydroxylation is 1. The van der Waals surface area contributed by atoms with E-state index in [9.17, 15) is 4.79 Å². The summed E-state index contributed by atoms with van der Waals surface area (Å²) in [6.45, 7) is 4.27. The Balaban J connectivity index is 2.45. The molecular weight excluding hydrogens is 172 g/mol. The molecular formula is C13H16O. The van der Waals surface area contributed by atoms with Gasteiger partial charge in [0.25, 0.3) is 0 Å². The SMILES string of the molecule is CCC1CC(=O)c2cccc(C)c2C1. The Morgan fingerprint density at radius 3 is 2.86 bits per heavy atom. The van der Waals surface area contributed by atoms with Crippen LogP contribution in [0.1, 0.15) is 41.3 Å². The van der Waals surface area contributed by atoms with Crippen LogP contribution in [0.4, 0.5) is 0 Å². The molecule has 0 spiro atoms. The Bertz CT molecular complexity index is 365. The lowest BCUT2D eigenvalue weighted by molar-refractivity contribution is 0.0947. The summed E-state index contributed by atoms with van der Waals surface area (Å²) >= 11 is 0. The first-order valence-electron chi connectivity index (χ1n) is 5.34. The van der Waals surface area contributed by atoms with Gasteiger partial charge >= 0.3 is 0 Å². The molecule has 14 heavy (non-hydrogen) atoms. The number of rotatable bonds is 1. The van der Waals surface area contributed by atoms with Crippen LogP contribution in [-0.4, -0.2) is 5.78 Å². The quantitative estimate of drug-likeness (QED) is 0.661. The highest BCUT2D eigenvalue weighted by atomic mass is 16.1. The summed E-state index contributed by atoms with van der Waals surface area (Å²) in [6, 6.07) is 6.05.